The zero-order valence-electron chi connectivity index (χ0n) is 9.51. The number of nitrogens with zero attached hydrogens (tertiary/aromatic N) is 4. The lowest BCUT2D eigenvalue weighted by Gasteiger charge is -2.26. The van der Waals surface area contributed by atoms with Gasteiger partial charge in [0.1, 0.15) is 5.82 Å². The van der Waals surface area contributed by atoms with Gasteiger partial charge in [0.05, 0.1) is 24.9 Å². The third-order valence-electron chi connectivity index (χ3n) is 2.15. The molecule has 0 saturated heterocycles. The van der Waals surface area contributed by atoms with Gasteiger partial charge in [-0.1, -0.05) is 0 Å². The lowest BCUT2D eigenvalue weighted by Crippen LogP contribution is -2.32. The summed E-state index contributed by atoms with van der Waals surface area (Å²) in [5.74, 6) is 6.51. The molecule has 0 radical (unpaired) electrons. The first-order valence-corrected chi connectivity index (χ1v) is 5.11. The highest BCUT2D eigenvalue weighted by Crippen LogP contribution is 2.15. The Morgan fingerprint density at radius 3 is 2.88 bits per heavy atom. The van der Waals surface area contributed by atoms with Crippen molar-refractivity contribution >= 4 is 11.6 Å². The predicted octanol–water partition coefficient (Wildman–Crippen LogP) is 0.891. The standard InChI is InChI=1S/C10H16N6/c1-8(2)16(5-3-4-11)10-7-13-6-9(14-10)15-12/h6-8H,3,5,12H2,1-2H3,(H,14,15). The van der Waals surface area contributed by atoms with E-state index in [2.05, 4.69) is 21.5 Å². The average molecular weight is 220 g/mol. The molecule has 1 aromatic rings. The largest absolute Gasteiger partial charge is 0.352 e. The van der Waals surface area contributed by atoms with Crippen molar-refractivity contribution in [2.45, 2.75) is 26.3 Å². The van der Waals surface area contributed by atoms with Crippen LogP contribution in [0.15, 0.2) is 12.4 Å². The molecule has 1 aromatic heterocycles. The fourth-order valence-electron chi connectivity index (χ4n) is 1.37. The van der Waals surface area contributed by atoms with Gasteiger partial charge in [-0.2, -0.15) is 5.26 Å². The van der Waals surface area contributed by atoms with Gasteiger partial charge in [0.25, 0.3) is 0 Å². The van der Waals surface area contributed by atoms with E-state index in [4.69, 9.17) is 11.1 Å². The second-order valence-electron chi connectivity index (χ2n) is 3.60. The minimum absolute atomic E-state index is 0.260. The second kappa shape index (κ2) is 5.88. The molecule has 0 fully saturated rings. The Bertz CT molecular complexity index is 370. The molecule has 1 heterocycles. The van der Waals surface area contributed by atoms with Crippen molar-refractivity contribution in [1.82, 2.24) is 9.97 Å². The van der Waals surface area contributed by atoms with Crippen LogP contribution in [0.25, 0.3) is 0 Å². The maximum absolute atomic E-state index is 8.60. The van der Waals surface area contributed by atoms with E-state index in [1.165, 1.54) is 0 Å². The maximum atomic E-state index is 8.60. The number of nitriles is 1. The van der Waals surface area contributed by atoms with Crippen molar-refractivity contribution in [3.05, 3.63) is 12.4 Å². The van der Waals surface area contributed by atoms with Crippen LogP contribution in [0, 0.1) is 11.3 Å². The summed E-state index contributed by atoms with van der Waals surface area (Å²) in [5.41, 5.74) is 2.45. The van der Waals surface area contributed by atoms with Gasteiger partial charge < -0.3 is 10.3 Å². The molecule has 16 heavy (non-hydrogen) atoms. The number of nitrogens with one attached hydrogen (secondary N) is 1. The van der Waals surface area contributed by atoms with Gasteiger partial charge in [-0.05, 0) is 13.8 Å². The highest BCUT2D eigenvalue weighted by molar-refractivity contribution is 5.43. The molecule has 6 nitrogen and oxygen atoms in total. The van der Waals surface area contributed by atoms with Crippen LogP contribution in [0.4, 0.5) is 11.6 Å². The Hall–Kier alpha value is -1.87. The molecule has 0 spiro atoms. The van der Waals surface area contributed by atoms with Crippen LogP contribution < -0.4 is 16.2 Å². The van der Waals surface area contributed by atoms with Crippen LogP contribution in [-0.2, 0) is 0 Å². The first-order valence-electron chi connectivity index (χ1n) is 5.11. The number of aromatic nitrogens is 2. The molecule has 0 aliphatic heterocycles. The van der Waals surface area contributed by atoms with Crippen molar-refractivity contribution in [2.24, 2.45) is 5.84 Å². The van der Waals surface area contributed by atoms with Crippen molar-refractivity contribution in [2.75, 3.05) is 16.9 Å². The Morgan fingerprint density at radius 2 is 2.31 bits per heavy atom. The summed E-state index contributed by atoms with van der Waals surface area (Å²) in [6, 6.07) is 2.38. The van der Waals surface area contributed by atoms with E-state index in [1.54, 1.807) is 12.4 Å². The Labute approximate surface area is 95.1 Å². The van der Waals surface area contributed by atoms with E-state index in [9.17, 15) is 0 Å². The number of nitrogens with two attached hydrogens (primary N) is 1. The van der Waals surface area contributed by atoms with Crippen molar-refractivity contribution < 1.29 is 0 Å². The molecule has 3 N–H and O–H groups in total. The van der Waals surface area contributed by atoms with Crippen LogP contribution in [0.2, 0.25) is 0 Å². The van der Waals surface area contributed by atoms with Crippen LogP contribution in [-0.4, -0.2) is 22.6 Å². The monoisotopic (exact) mass is 220 g/mol. The molecule has 0 aliphatic rings. The molecular formula is C10H16N6. The van der Waals surface area contributed by atoms with E-state index in [1.807, 2.05) is 18.7 Å². The fourth-order valence-corrected chi connectivity index (χ4v) is 1.37. The number of anilines is 2. The molecule has 0 atom stereocenters. The first kappa shape index (κ1) is 12.2. The highest BCUT2D eigenvalue weighted by atomic mass is 15.3. The first-order chi connectivity index (χ1) is 7.69. The van der Waals surface area contributed by atoms with Gasteiger partial charge in [0.15, 0.2) is 5.82 Å². The van der Waals surface area contributed by atoms with Crippen molar-refractivity contribution in [3.63, 3.8) is 0 Å². The fraction of sp³-hybridized carbons (Fsp3) is 0.500. The van der Waals surface area contributed by atoms with E-state index in [0.29, 0.717) is 18.8 Å². The van der Waals surface area contributed by atoms with Crippen molar-refractivity contribution in [3.8, 4) is 6.07 Å². The molecule has 0 amide bonds. The summed E-state index contributed by atoms with van der Waals surface area (Å²) < 4.78 is 0. The SMILES string of the molecule is CC(C)N(CCC#N)c1cncc(NN)n1. The number of nitrogen functional groups attached to an aromatic ring is 1. The zero-order chi connectivity index (χ0) is 12.0. The molecular weight excluding hydrogens is 204 g/mol. The number of rotatable bonds is 5. The van der Waals surface area contributed by atoms with Gasteiger partial charge in [-0.25, -0.2) is 10.8 Å². The predicted molar refractivity (Wildman–Crippen MR) is 62.6 cm³/mol. The summed E-state index contributed by atoms with van der Waals surface area (Å²) in [5, 5.41) is 8.60. The van der Waals surface area contributed by atoms with Crippen molar-refractivity contribution in [1.29, 1.82) is 5.26 Å². The molecule has 0 bridgehead atoms. The van der Waals surface area contributed by atoms with Crippen LogP contribution in [0.3, 0.4) is 0 Å². The Kier molecular flexibility index (Phi) is 4.48. The minimum Gasteiger partial charge on any atom is -0.352 e. The smallest absolute Gasteiger partial charge is 0.160 e. The zero-order valence-corrected chi connectivity index (χ0v) is 9.51. The number of hydrogen-bond donors (Lipinski definition) is 2. The van der Waals surface area contributed by atoms with E-state index in [0.717, 1.165) is 5.82 Å². The maximum Gasteiger partial charge on any atom is 0.160 e. The molecule has 1 rings (SSSR count). The Balaban J connectivity index is 2.88. The molecule has 0 aromatic carbocycles. The number of hydrogen-bond acceptors (Lipinski definition) is 6. The molecule has 0 unspecified atom stereocenters. The third-order valence-corrected chi connectivity index (χ3v) is 2.15. The van der Waals surface area contributed by atoms with Crippen LogP contribution in [0.1, 0.15) is 20.3 Å². The summed E-state index contributed by atoms with van der Waals surface area (Å²) in [7, 11) is 0. The van der Waals surface area contributed by atoms with Gasteiger partial charge >= 0.3 is 0 Å². The molecule has 6 heteroatoms. The minimum atomic E-state index is 0.260. The normalized spacial score (nSPS) is 9.94. The summed E-state index contributed by atoms with van der Waals surface area (Å²) in [6.45, 7) is 4.72. The van der Waals surface area contributed by atoms with Gasteiger partial charge in [0.2, 0.25) is 0 Å². The van der Waals surface area contributed by atoms with Gasteiger partial charge in [0, 0.05) is 12.6 Å². The third kappa shape index (κ3) is 3.07. The Morgan fingerprint density at radius 1 is 1.56 bits per heavy atom. The quantitative estimate of drug-likeness (QED) is 0.565. The summed E-state index contributed by atoms with van der Waals surface area (Å²) in [4.78, 5) is 10.3. The van der Waals surface area contributed by atoms with E-state index >= 15 is 0 Å². The lowest BCUT2D eigenvalue weighted by atomic mass is 10.3. The highest BCUT2D eigenvalue weighted by Gasteiger charge is 2.12. The number of hydrazine groups is 1. The molecule has 86 valence electrons. The van der Waals surface area contributed by atoms with Gasteiger partial charge in [-0.15, -0.1) is 0 Å². The topological polar surface area (TPSA) is 90.9 Å². The second-order valence-corrected chi connectivity index (χ2v) is 3.60. The average Bonchev–Trinajstić information content (AvgIpc) is 2.29. The van der Waals surface area contributed by atoms with E-state index < -0.39 is 0 Å². The van der Waals surface area contributed by atoms with Crippen LogP contribution >= 0.6 is 0 Å². The molecule has 0 aliphatic carbocycles. The summed E-state index contributed by atoms with van der Waals surface area (Å²) >= 11 is 0. The molecule has 0 saturated carbocycles. The van der Waals surface area contributed by atoms with Gasteiger partial charge in [-0.3, -0.25) is 4.98 Å². The lowest BCUT2D eigenvalue weighted by molar-refractivity contribution is 0.675. The van der Waals surface area contributed by atoms with E-state index in [-0.39, 0.29) is 6.04 Å². The summed E-state index contributed by atoms with van der Waals surface area (Å²) in [6.07, 6.45) is 3.67. The van der Waals surface area contributed by atoms with Crippen LogP contribution in [0.5, 0.6) is 0 Å².